The average molecular weight is 364 g/mol. The zero-order chi connectivity index (χ0) is 18.2. The van der Waals surface area contributed by atoms with Crippen molar-refractivity contribution in [2.75, 3.05) is 25.1 Å². The fourth-order valence-corrected chi connectivity index (χ4v) is 5.51. The molecule has 3 rings (SSSR count). The number of rotatable bonds is 4. The lowest BCUT2D eigenvalue weighted by Crippen LogP contribution is -2.42. The van der Waals surface area contributed by atoms with Crippen LogP contribution in [0.25, 0.3) is 0 Å². The Kier molecular flexibility index (Phi) is 4.86. The van der Waals surface area contributed by atoms with Crippen molar-refractivity contribution in [1.29, 1.82) is 0 Å². The lowest BCUT2D eigenvalue weighted by atomic mass is 10.1. The van der Waals surface area contributed by atoms with E-state index >= 15 is 0 Å². The lowest BCUT2D eigenvalue weighted by Gasteiger charge is -2.28. The predicted molar refractivity (Wildman–Crippen MR) is 94.5 cm³/mol. The van der Waals surface area contributed by atoms with Crippen LogP contribution in [0, 0.1) is 5.92 Å². The second-order valence-corrected chi connectivity index (χ2v) is 9.27. The van der Waals surface area contributed by atoms with Crippen molar-refractivity contribution < 1.29 is 18.0 Å². The summed E-state index contributed by atoms with van der Waals surface area (Å²) < 4.78 is 23.3. The summed E-state index contributed by atoms with van der Waals surface area (Å²) in [6.45, 7) is 2.35. The summed E-state index contributed by atoms with van der Waals surface area (Å²) in [4.78, 5) is 28.4. The summed E-state index contributed by atoms with van der Waals surface area (Å²) in [5, 5.41) is 0. The van der Waals surface area contributed by atoms with E-state index in [2.05, 4.69) is 0 Å². The van der Waals surface area contributed by atoms with Crippen molar-refractivity contribution in [2.45, 2.75) is 31.8 Å². The van der Waals surface area contributed by atoms with Gasteiger partial charge in [-0.2, -0.15) is 0 Å². The molecule has 6 nitrogen and oxygen atoms in total. The second-order valence-electron chi connectivity index (χ2n) is 7.04. The normalized spacial score (nSPS) is 26.6. The van der Waals surface area contributed by atoms with E-state index in [-0.39, 0.29) is 41.8 Å². The van der Waals surface area contributed by atoms with Crippen molar-refractivity contribution in [1.82, 2.24) is 9.80 Å². The first-order chi connectivity index (χ1) is 11.8. The summed E-state index contributed by atoms with van der Waals surface area (Å²) in [5.41, 5.74) is 1.04. The van der Waals surface area contributed by atoms with Gasteiger partial charge >= 0.3 is 0 Å². The van der Waals surface area contributed by atoms with E-state index < -0.39 is 15.8 Å². The van der Waals surface area contributed by atoms with Crippen LogP contribution in [-0.2, 0) is 19.4 Å². The Labute approximate surface area is 148 Å². The van der Waals surface area contributed by atoms with Gasteiger partial charge in [0.05, 0.1) is 23.5 Å². The molecule has 3 unspecified atom stereocenters. The number of benzene rings is 1. The molecule has 1 aromatic rings. The molecule has 7 heteroatoms. The maximum Gasteiger partial charge on any atom is 0.228 e. The third kappa shape index (κ3) is 3.71. The van der Waals surface area contributed by atoms with E-state index in [1.807, 2.05) is 37.3 Å². The molecular formula is C18H24N2O4S. The molecule has 2 aliphatic rings. The SMILES string of the molecule is CC(c1ccccc1)N1CC(C(=O)N(C)C2CCS(=O)(=O)C2)CC1=O. The molecule has 0 aromatic heterocycles. The molecule has 2 saturated heterocycles. The van der Waals surface area contributed by atoms with E-state index in [0.29, 0.717) is 13.0 Å². The van der Waals surface area contributed by atoms with E-state index in [4.69, 9.17) is 0 Å². The van der Waals surface area contributed by atoms with Crippen LogP contribution in [-0.4, -0.2) is 61.2 Å². The highest BCUT2D eigenvalue weighted by Crippen LogP contribution is 2.30. The van der Waals surface area contributed by atoms with Crippen molar-refractivity contribution in [3.05, 3.63) is 35.9 Å². The first-order valence-corrected chi connectivity index (χ1v) is 10.4. The van der Waals surface area contributed by atoms with E-state index in [9.17, 15) is 18.0 Å². The largest absolute Gasteiger partial charge is 0.341 e. The Morgan fingerprint density at radius 1 is 1.28 bits per heavy atom. The molecule has 0 bridgehead atoms. The van der Waals surface area contributed by atoms with Gasteiger partial charge in [0.25, 0.3) is 0 Å². The number of amides is 2. The zero-order valence-electron chi connectivity index (χ0n) is 14.6. The monoisotopic (exact) mass is 364 g/mol. The summed E-state index contributed by atoms with van der Waals surface area (Å²) in [5.74, 6) is -0.386. The highest BCUT2D eigenvalue weighted by molar-refractivity contribution is 7.91. The molecule has 2 fully saturated rings. The van der Waals surface area contributed by atoms with Crippen LogP contribution in [0.5, 0.6) is 0 Å². The Morgan fingerprint density at radius 3 is 2.56 bits per heavy atom. The first kappa shape index (κ1) is 17.9. The highest BCUT2D eigenvalue weighted by Gasteiger charge is 2.41. The molecule has 0 saturated carbocycles. The van der Waals surface area contributed by atoms with Crippen molar-refractivity contribution in [3.63, 3.8) is 0 Å². The highest BCUT2D eigenvalue weighted by atomic mass is 32.2. The Hall–Kier alpha value is -1.89. The standard InChI is InChI=1S/C18H24N2O4S/c1-13(14-6-4-3-5-7-14)20-11-15(10-17(20)21)18(22)19(2)16-8-9-25(23,24)12-16/h3-7,13,15-16H,8-12H2,1-2H3. The zero-order valence-corrected chi connectivity index (χ0v) is 15.4. The first-order valence-electron chi connectivity index (χ1n) is 8.60. The summed E-state index contributed by atoms with van der Waals surface area (Å²) in [7, 11) is -1.39. The molecule has 0 radical (unpaired) electrons. The van der Waals surface area contributed by atoms with Crippen LogP contribution in [0.4, 0.5) is 0 Å². The van der Waals surface area contributed by atoms with Crippen molar-refractivity contribution >= 4 is 21.7 Å². The number of nitrogens with zero attached hydrogens (tertiary/aromatic N) is 2. The third-order valence-electron chi connectivity index (χ3n) is 5.36. The van der Waals surface area contributed by atoms with Gasteiger partial charge in [0.15, 0.2) is 9.84 Å². The molecule has 25 heavy (non-hydrogen) atoms. The fraction of sp³-hybridized carbons (Fsp3) is 0.556. The van der Waals surface area contributed by atoms with Gasteiger partial charge in [0.2, 0.25) is 11.8 Å². The third-order valence-corrected chi connectivity index (χ3v) is 7.11. The van der Waals surface area contributed by atoms with Crippen LogP contribution < -0.4 is 0 Å². The Balaban J connectivity index is 1.66. The summed E-state index contributed by atoms with van der Waals surface area (Å²) in [6, 6.07) is 9.40. The molecule has 3 atom stereocenters. The molecule has 1 aromatic carbocycles. The minimum Gasteiger partial charge on any atom is -0.341 e. The van der Waals surface area contributed by atoms with E-state index in [1.54, 1.807) is 16.8 Å². The van der Waals surface area contributed by atoms with Crippen LogP contribution in [0.3, 0.4) is 0 Å². The van der Waals surface area contributed by atoms with Gasteiger partial charge in [-0.3, -0.25) is 9.59 Å². The van der Waals surface area contributed by atoms with Crippen LogP contribution in [0.1, 0.15) is 31.4 Å². The van der Waals surface area contributed by atoms with Gasteiger partial charge in [0.1, 0.15) is 0 Å². The Bertz CT molecular complexity index is 763. The quantitative estimate of drug-likeness (QED) is 0.806. The molecular weight excluding hydrogens is 340 g/mol. The number of carbonyl (C=O) groups is 2. The molecule has 2 amide bonds. The van der Waals surface area contributed by atoms with Crippen LogP contribution in [0.2, 0.25) is 0 Å². The minimum atomic E-state index is -3.04. The smallest absolute Gasteiger partial charge is 0.228 e. The number of hydrogen-bond acceptors (Lipinski definition) is 4. The van der Waals surface area contributed by atoms with Crippen molar-refractivity contribution in [3.8, 4) is 0 Å². The van der Waals surface area contributed by atoms with E-state index in [1.165, 1.54) is 0 Å². The maximum absolute atomic E-state index is 12.7. The average Bonchev–Trinajstić information content (AvgIpc) is 3.16. The number of sulfone groups is 1. The second kappa shape index (κ2) is 6.78. The molecule has 0 aliphatic carbocycles. The van der Waals surface area contributed by atoms with Crippen LogP contribution in [0.15, 0.2) is 30.3 Å². The van der Waals surface area contributed by atoms with E-state index in [0.717, 1.165) is 5.56 Å². The molecule has 0 N–H and O–H groups in total. The molecule has 0 spiro atoms. The van der Waals surface area contributed by atoms with Gasteiger partial charge in [0, 0.05) is 26.1 Å². The maximum atomic E-state index is 12.7. The Morgan fingerprint density at radius 2 is 1.96 bits per heavy atom. The fourth-order valence-electron chi connectivity index (χ4n) is 3.73. The molecule has 136 valence electrons. The molecule has 2 aliphatic heterocycles. The van der Waals surface area contributed by atoms with Crippen molar-refractivity contribution in [2.24, 2.45) is 5.92 Å². The number of hydrogen-bond donors (Lipinski definition) is 0. The minimum absolute atomic E-state index is 0.0258. The van der Waals surface area contributed by atoms with Gasteiger partial charge in [-0.15, -0.1) is 0 Å². The topological polar surface area (TPSA) is 74.8 Å². The summed E-state index contributed by atoms with van der Waals surface area (Å²) >= 11 is 0. The number of likely N-dealkylation sites (tertiary alicyclic amines) is 1. The van der Waals surface area contributed by atoms with Crippen LogP contribution >= 0.6 is 0 Å². The summed E-state index contributed by atoms with van der Waals surface area (Å²) in [6.07, 6.45) is 0.676. The lowest BCUT2D eigenvalue weighted by molar-refractivity contribution is -0.136. The van der Waals surface area contributed by atoms with Gasteiger partial charge in [-0.1, -0.05) is 30.3 Å². The van der Waals surface area contributed by atoms with Gasteiger partial charge < -0.3 is 9.80 Å². The van der Waals surface area contributed by atoms with Gasteiger partial charge in [-0.25, -0.2) is 8.42 Å². The predicted octanol–water partition coefficient (Wildman–Crippen LogP) is 1.24. The molecule has 2 heterocycles. The van der Waals surface area contributed by atoms with Gasteiger partial charge in [-0.05, 0) is 18.9 Å². The number of carbonyl (C=O) groups excluding carboxylic acids is 2.